The van der Waals surface area contributed by atoms with Gasteiger partial charge in [0.2, 0.25) is 5.91 Å². The summed E-state index contributed by atoms with van der Waals surface area (Å²) in [6, 6.07) is 7.51. The number of carboxylic acids is 1. The largest absolute Gasteiger partial charge is 1.00 e. The van der Waals surface area contributed by atoms with Gasteiger partial charge in [0, 0.05) is 6.54 Å². The summed E-state index contributed by atoms with van der Waals surface area (Å²) in [5.74, 6) is -1.99. The molecule has 1 N–H and O–H groups in total. The molecule has 30 heavy (non-hydrogen) atoms. The summed E-state index contributed by atoms with van der Waals surface area (Å²) in [7, 11) is 0. The maximum atomic E-state index is 12.7. The van der Waals surface area contributed by atoms with Crippen LogP contribution in [0.3, 0.4) is 0 Å². The summed E-state index contributed by atoms with van der Waals surface area (Å²) in [5.41, 5.74) is 1.09. The average Bonchev–Trinajstić information content (AvgIpc) is 3.15. The SMILES string of the molecule is CCOC(=O)[C@H](CCc1ccccc1)N[C@@H](C)C(=O)N1CCC[C@H]1C(=O)[O-].[I-].[Na+].[Na+]. The number of benzene rings is 1. The van der Waals surface area contributed by atoms with Crippen molar-refractivity contribution in [3.8, 4) is 0 Å². The predicted octanol–water partition coefficient (Wildman–Crippen LogP) is -8.72. The molecule has 3 atom stereocenters. The number of likely N-dealkylation sites (tertiary alicyclic amines) is 1. The molecule has 7 nitrogen and oxygen atoms in total. The van der Waals surface area contributed by atoms with Gasteiger partial charge in [-0.05, 0) is 45.1 Å². The van der Waals surface area contributed by atoms with Crippen LogP contribution in [-0.2, 0) is 25.5 Å². The second-order valence-corrected chi connectivity index (χ2v) is 6.73. The quantitative estimate of drug-likeness (QED) is 0.187. The first-order chi connectivity index (χ1) is 12.9. The Morgan fingerprint density at radius 2 is 1.87 bits per heavy atom. The van der Waals surface area contributed by atoms with Gasteiger partial charge >= 0.3 is 65.1 Å². The van der Waals surface area contributed by atoms with Crippen molar-refractivity contribution in [2.45, 2.75) is 57.7 Å². The van der Waals surface area contributed by atoms with Crippen LogP contribution >= 0.6 is 0 Å². The summed E-state index contributed by atoms with van der Waals surface area (Å²) in [5, 5.41) is 14.2. The molecular formula is C20H27IN2Na2O5. The number of halogens is 1. The van der Waals surface area contributed by atoms with Crippen molar-refractivity contribution in [1.82, 2.24) is 10.2 Å². The Balaban J connectivity index is 0. The van der Waals surface area contributed by atoms with E-state index in [4.69, 9.17) is 4.74 Å². The number of aryl methyl sites for hydroxylation is 1. The molecule has 1 saturated heterocycles. The van der Waals surface area contributed by atoms with Crippen molar-refractivity contribution in [2.75, 3.05) is 13.2 Å². The maximum Gasteiger partial charge on any atom is 1.00 e. The van der Waals surface area contributed by atoms with E-state index in [9.17, 15) is 19.5 Å². The molecule has 1 amide bonds. The molecular weight excluding hydrogens is 521 g/mol. The van der Waals surface area contributed by atoms with Crippen molar-refractivity contribution >= 4 is 17.8 Å². The van der Waals surface area contributed by atoms with Gasteiger partial charge in [-0.15, -0.1) is 0 Å². The zero-order chi connectivity index (χ0) is 19.8. The molecule has 0 unspecified atom stereocenters. The Kier molecular flexibility index (Phi) is 18.3. The molecule has 10 heteroatoms. The first-order valence-corrected chi connectivity index (χ1v) is 9.42. The Morgan fingerprint density at radius 3 is 2.43 bits per heavy atom. The minimum Gasteiger partial charge on any atom is -1.00 e. The first-order valence-electron chi connectivity index (χ1n) is 9.42. The van der Waals surface area contributed by atoms with E-state index in [1.807, 2.05) is 30.3 Å². The van der Waals surface area contributed by atoms with Crippen LogP contribution < -0.4 is 93.5 Å². The minimum atomic E-state index is -1.24. The van der Waals surface area contributed by atoms with E-state index in [2.05, 4.69) is 5.32 Å². The molecule has 1 aliphatic heterocycles. The molecule has 0 bridgehead atoms. The molecule has 1 aromatic carbocycles. The number of hydrogen-bond acceptors (Lipinski definition) is 6. The van der Waals surface area contributed by atoms with Crippen molar-refractivity contribution in [3.63, 3.8) is 0 Å². The van der Waals surface area contributed by atoms with Crippen LogP contribution in [-0.4, -0.2) is 54.0 Å². The molecule has 0 spiro atoms. The van der Waals surface area contributed by atoms with Crippen molar-refractivity contribution in [2.24, 2.45) is 0 Å². The molecule has 2 rings (SSSR count). The first kappa shape index (κ1) is 32.5. The summed E-state index contributed by atoms with van der Waals surface area (Å²) >= 11 is 0. The van der Waals surface area contributed by atoms with Gasteiger partial charge in [-0.2, -0.15) is 0 Å². The van der Waals surface area contributed by atoms with E-state index in [0.29, 0.717) is 32.2 Å². The van der Waals surface area contributed by atoms with E-state index >= 15 is 0 Å². The molecule has 0 radical (unpaired) electrons. The summed E-state index contributed by atoms with van der Waals surface area (Å²) < 4.78 is 5.13. The number of rotatable bonds is 9. The van der Waals surface area contributed by atoms with Crippen LogP contribution in [0.25, 0.3) is 0 Å². The zero-order valence-corrected chi connectivity index (χ0v) is 24.4. The van der Waals surface area contributed by atoms with Gasteiger partial charge in [-0.1, -0.05) is 30.3 Å². The van der Waals surface area contributed by atoms with Crippen LogP contribution in [0.15, 0.2) is 30.3 Å². The topological polar surface area (TPSA) is 98.8 Å². The second-order valence-electron chi connectivity index (χ2n) is 6.73. The summed E-state index contributed by atoms with van der Waals surface area (Å²) in [6.07, 6.45) is 2.16. The zero-order valence-electron chi connectivity index (χ0n) is 18.2. The van der Waals surface area contributed by atoms with Crippen LogP contribution in [0.5, 0.6) is 0 Å². The number of nitrogens with zero attached hydrogens (tertiary/aromatic N) is 1. The molecule has 1 fully saturated rings. The molecule has 0 saturated carbocycles. The number of carbonyl (C=O) groups excluding carboxylic acids is 3. The van der Waals surface area contributed by atoms with E-state index in [1.54, 1.807) is 13.8 Å². The minimum absolute atomic E-state index is 0. The van der Waals surface area contributed by atoms with Crippen LogP contribution in [0.2, 0.25) is 0 Å². The number of carbonyl (C=O) groups is 3. The third kappa shape index (κ3) is 9.85. The smallest absolute Gasteiger partial charge is 1.00 e. The van der Waals surface area contributed by atoms with Gasteiger partial charge in [-0.25, -0.2) is 0 Å². The Bertz CT molecular complexity index is 666. The normalized spacial score (nSPS) is 16.9. The maximum absolute atomic E-state index is 12.7. The number of amides is 1. The number of nitrogens with one attached hydrogen (secondary N) is 1. The van der Waals surface area contributed by atoms with E-state index in [1.165, 1.54) is 4.90 Å². The monoisotopic (exact) mass is 548 g/mol. The van der Waals surface area contributed by atoms with Crippen molar-refractivity contribution in [3.05, 3.63) is 35.9 Å². The molecule has 0 aromatic heterocycles. The number of aliphatic carboxylic acids is 1. The Labute approximate surface area is 239 Å². The standard InChI is InChI=1S/C20H28N2O5.HI.2Na/c1-3-27-20(26)16(12-11-15-8-5-4-6-9-15)21-14(2)18(23)22-13-7-10-17(22)19(24)25;;;/h4-6,8-9,14,16-17,21H,3,7,10-13H2,1-2H3,(H,24,25);1H;;/q;;2*+1/p-2/t14-,16-,17-;;;/m0.../s1. The number of esters is 1. The predicted molar refractivity (Wildman–Crippen MR) is 97.5 cm³/mol. The van der Waals surface area contributed by atoms with Crippen molar-refractivity contribution < 1.29 is 107 Å². The van der Waals surface area contributed by atoms with Gasteiger partial charge < -0.3 is 43.5 Å². The molecule has 1 aliphatic rings. The fourth-order valence-electron chi connectivity index (χ4n) is 3.37. The number of carboxylic acid groups (broad SMARTS) is 1. The van der Waals surface area contributed by atoms with Gasteiger partial charge in [0.15, 0.2) is 0 Å². The third-order valence-corrected chi connectivity index (χ3v) is 4.77. The summed E-state index contributed by atoms with van der Waals surface area (Å²) in [4.78, 5) is 37.5. The molecule has 0 aliphatic carbocycles. The van der Waals surface area contributed by atoms with E-state index < -0.39 is 30.1 Å². The van der Waals surface area contributed by atoms with Gasteiger partial charge in [0.1, 0.15) is 6.04 Å². The fourth-order valence-corrected chi connectivity index (χ4v) is 3.37. The summed E-state index contributed by atoms with van der Waals surface area (Å²) in [6.45, 7) is 4.01. The van der Waals surface area contributed by atoms with Gasteiger partial charge in [0.05, 0.1) is 24.7 Å². The number of hydrogen-bond donors (Lipinski definition) is 1. The number of ether oxygens (including phenoxy) is 1. The fraction of sp³-hybridized carbons (Fsp3) is 0.550. The Hall–Kier alpha value is 0.320. The second kappa shape index (κ2) is 16.9. The third-order valence-electron chi connectivity index (χ3n) is 4.77. The van der Waals surface area contributed by atoms with Gasteiger partial charge in [0.25, 0.3) is 0 Å². The molecule has 1 heterocycles. The van der Waals surface area contributed by atoms with E-state index in [-0.39, 0.29) is 95.6 Å². The van der Waals surface area contributed by atoms with Crippen LogP contribution in [0.4, 0.5) is 0 Å². The van der Waals surface area contributed by atoms with Crippen LogP contribution in [0, 0.1) is 0 Å². The molecule has 156 valence electrons. The van der Waals surface area contributed by atoms with Crippen molar-refractivity contribution in [1.29, 1.82) is 0 Å². The van der Waals surface area contributed by atoms with E-state index in [0.717, 1.165) is 5.56 Å². The average molecular weight is 548 g/mol. The van der Waals surface area contributed by atoms with Gasteiger partial charge in [-0.3, -0.25) is 14.9 Å². The Morgan fingerprint density at radius 1 is 1.23 bits per heavy atom. The molecule has 1 aromatic rings. The van der Waals surface area contributed by atoms with Crippen LogP contribution in [0.1, 0.15) is 38.7 Å².